The minimum Gasteiger partial charge on any atom is -0.369 e. The lowest BCUT2D eigenvalue weighted by molar-refractivity contribution is 0.589. The van der Waals surface area contributed by atoms with Crippen LogP contribution in [0.4, 0.5) is 17.2 Å². The van der Waals surface area contributed by atoms with Crippen LogP contribution in [-0.2, 0) is 0 Å². The van der Waals surface area contributed by atoms with Crippen LogP contribution in [-0.4, -0.2) is 46.3 Å². The molecule has 0 spiro atoms. The molecule has 1 fully saturated rings. The highest BCUT2D eigenvalue weighted by atomic mass is 32.1. The van der Waals surface area contributed by atoms with Crippen molar-refractivity contribution in [3.63, 3.8) is 0 Å². The van der Waals surface area contributed by atoms with Gasteiger partial charge in [-0.3, -0.25) is 5.10 Å². The monoisotopic (exact) mass is 377 g/mol. The second kappa shape index (κ2) is 6.98. The summed E-state index contributed by atoms with van der Waals surface area (Å²) in [6, 6.07) is 10.5. The molecule has 4 heterocycles. The average molecular weight is 377 g/mol. The number of H-pyrrole nitrogens is 1. The van der Waals surface area contributed by atoms with Crippen molar-refractivity contribution in [1.29, 1.82) is 0 Å². The maximum atomic E-state index is 4.72. The topological polar surface area (TPSA) is 81.8 Å². The van der Waals surface area contributed by atoms with E-state index in [1.165, 1.54) is 5.69 Å². The van der Waals surface area contributed by atoms with Gasteiger partial charge in [-0.05, 0) is 35.7 Å². The molecule has 1 aliphatic rings. The first kappa shape index (κ1) is 16.2. The molecule has 27 heavy (non-hydrogen) atoms. The number of benzene rings is 1. The van der Waals surface area contributed by atoms with E-state index in [1.54, 1.807) is 17.5 Å². The van der Waals surface area contributed by atoms with Gasteiger partial charge in [0.05, 0.1) is 6.20 Å². The minimum absolute atomic E-state index is 0.699. The molecule has 3 aromatic heterocycles. The van der Waals surface area contributed by atoms with Gasteiger partial charge in [0.25, 0.3) is 0 Å². The first-order chi connectivity index (χ1) is 13.4. The lowest BCUT2D eigenvalue weighted by Crippen LogP contribution is -2.43. The van der Waals surface area contributed by atoms with Gasteiger partial charge in [0.1, 0.15) is 11.0 Å². The van der Waals surface area contributed by atoms with E-state index in [2.05, 4.69) is 55.0 Å². The first-order valence-corrected chi connectivity index (χ1v) is 9.87. The zero-order valence-electron chi connectivity index (χ0n) is 14.6. The summed E-state index contributed by atoms with van der Waals surface area (Å²) >= 11 is 1.63. The Morgan fingerprint density at radius 3 is 2.67 bits per heavy atom. The third-order valence-electron chi connectivity index (χ3n) is 4.69. The molecule has 0 aliphatic carbocycles. The highest BCUT2D eigenvalue weighted by molar-refractivity contribution is 7.08. The zero-order valence-corrected chi connectivity index (χ0v) is 15.5. The van der Waals surface area contributed by atoms with E-state index in [0.29, 0.717) is 5.82 Å². The van der Waals surface area contributed by atoms with E-state index in [4.69, 9.17) is 4.98 Å². The van der Waals surface area contributed by atoms with E-state index in [9.17, 15) is 0 Å². The fraction of sp³-hybridized carbons (Fsp3) is 0.211. The summed E-state index contributed by atoms with van der Waals surface area (Å²) in [4.78, 5) is 11.7. The molecule has 7 nitrogen and oxygen atoms in total. The quantitative estimate of drug-likeness (QED) is 0.507. The van der Waals surface area contributed by atoms with Crippen molar-refractivity contribution in [2.75, 3.05) is 36.4 Å². The van der Waals surface area contributed by atoms with Crippen molar-refractivity contribution >= 4 is 39.6 Å². The summed E-state index contributed by atoms with van der Waals surface area (Å²) in [6.45, 7) is 4.14. The summed E-state index contributed by atoms with van der Waals surface area (Å²) in [5.74, 6) is 1.43. The van der Waals surface area contributed by atoms with Gasteiger partial charge in [-0.2, -0.15) is 16.4 Å². The molecule has 0 unspecified atom stereocenters. The van der Waals surface area contributed by atoms with Crippen LogP contribution in [0.5, 0.6) is 0 Å². The molecular formula is C19H19N7S. The lowest BCUT2D eigenvalue weighted by Gasteiger charge is -2.29. The SMILES string of the molecule is c1cc(-c2nc(Nc3ccc(N4CCNCC4)cc3)c3[nH]ncc3n2)cs1. The summed E-state index contributed by atoms with van der Waals surface area (Å²) in [5.41, 5.74) is 4.85. The highest BCUT2D eigenvalue weighted by Gasteiger charge is 2.13. The molecule has 4 aromatic rings. The summed E-state index contributed by atoms with van der Waals surface area (Å²) < 4.78 is 0. The summed E-state index contributed by atoms with van der Waals surface area (Å²) in [6.07, 6.45) is 1.73. The molecule has 8 heteroatoms. The molecule has 0 saturated carbocycles. The van der Waals surface area contributed by atoms with Crippen molar-refractivity contribution in [2.45, 2.75) is 0 Å². The normalized spacial score (nSPS) is 14.6. The smallest absolute Gasteiger partial charge is 0.163 e. The number of nitrogens with zero attached hydrogens (tertiary/aromatic N) is 4. The van der Waals surface area contributed by atoms with Crippen LogP contribution in [0.3, 0.4) is 0 Å². The van der Waals surface area contributed by atoms with Gasteiger partial charge in [0, 0.05) is 48.5 Å². The molecule has 0 amide bonds. The van der Waals surface area contributed by atoms with E-state index in [-0.39, 0.29) is 0 Å². The number of rotatable bonds is 4. The van der Waals surface area contributed by atoms with Crippen molar-refractivity contribution in [3.05, 3.63) is 47.3 Å². The molecule has 5 rings (SSSR count). The predicted octanol–water partition coefficient (Wildman–Crippen LogP) is 3.23. The van der Waals surface area contributed by atoms with Gasteiger partial charge in [-0.25, -0.2) is 9.97 Å². The third-order valence-corrected chi connectivity index (χ3v) is 5.37. The Kier molecular flexibility index (Phi) is 4.19. The number of piperazine rings is 1. The molecule has 1 saturated heterocycles. The molecule has 136 valence electrons. The first-order valence-electron chi connectivity index (χ1n) is 8.93. The molecule has 3 N–H and O–H groups in total. The Morgan fingerprint density at radius 1 is 1.04 bits per heavy atom. The number of thiophene rings is 1. The van der Waals surface area contributed by atoms with Crippen molar-refractivity contribution in [1.82, 2.24) is 25.5 Å². The Labute approximate surface area is 160 Å². The Bertz CT molecular complexity index is 1030. The van der Waals surface area contributed by atoms with E-state index in [1.807, 2.05) is 16.8 Å². The average Bonchev–Trinajstić information content (AvgIpc) is 3.41. The Morgan fingerprint density at radius 2 is 1.89 bits per heavy atom. The standard InChI is InChI=1S/C19H19N7S/c1-3-15(26-8-6-20-7-9-26)4-2-14(1)22-19-17-16(11-21-25-17)23-18(24-19)13-5-10-27-12-13/h1-5,10-12,20H,6-9H2,(H,21,25)(H,22,23,24). The van der Waals surface area contributed by atoms with E-state index < -0.39 is 0 Å². The molecule has 0 bridgehead atoms. The van der Waals surface area contributed by atoms with Crippen LogP contribution >= 0.6 is 11.3 Å². The predicted molar refractivity (Wildman–Crippen MR) is 110 cm³/mol. The van der Waals surface area contributed by atoms with Crippen LogP contribution in [0.25, 0.3) is 22.4 Å². The summed E-state index contributed by atoms with van der Waals surface area (Å²) in [7, 11) is 0. The lowest BCUT2D eigenvalue weighted by atomic mass is 10.2. The number of aromatic nitrogens is 4. The Balaban J connectivity index is 1.44. The molecule has 0 atom stereocenters. The summed E-state index contributed by atoms with van der Waals surface area (Å²) in [5, 5.41) is 18.0. The van der Waals surface area contributed by atoms with Crippen molar-refractivity contribution in [2.24, 2.45) is 0 Å². The maximum absolute atomic E-state index is 4.72. The molecule has 1 aromatic carbocycles. The number of nitrogens with one attached hydrogen (secondary N) is 3. The van der Waals surface area contributed by atoms with Crippen LogP contribution in [0.15, 0.2) is 47.3 Å². The van der Waals surface area contributed by atoms with Gasteiger partial charge in [0.15, 0.2) is 11.6 Å². The molecule has 1 aliphatic heterocycles. The number of anilines is 3. The Hall–Kier alpha value is -2.97. The second-order valence-corrected chi connectivity index (χ2v) is 7.23. The zero-order chi connectivity index (χ0) is 18.1. The van der Waals surface area contributed by atoms with Crippen molar-refractivity contribution in [3.8, 4) is 11.4 Å². The van der Waals surface area contributed by atoms with Gasteiger partial charge >= 0.3 is 0 Å². The van der Waals surface area contributed by atoms with E-state index in [0.717, 1.165) is 54.3 Å². The third kappa shape index (κ3) is 3.24. The molecular weight excluding hydrogens is 358 g/mol. The van der Waals surface area contributed by atoms with Crippen LogP contribution in [0.2, 0.25) is 0 Å². The number of hydrogen-bond acceptors (Lipinski definition) is 7. The van der Waals surface area contributed by atoms with Crippen LogP contribution < -0.4 is 15.5 Å². The van der Waals surface area contributed by atoms with Crippen LogP contribution in [0.1, 0.15) is 0 Å². The minimum atomic E-state index is 0.699. The van der Waals surface area contributed by atoms with Crippen LogP contribution in [0, 0.1) is 0 Å². The van der Waals surface area contributed by atoms with E-state index >= 15 is 0 Å². The maximum Gasteiger partial charge on any atom is 0.163 e. The van der Waals surface area contributed by atoms with Gasteiger partial charge in [-0.15, -0.1) is 0 Å². The largest absolute Gasteiger partial charge is 0.369 e. The highest BCUT2D eigenvalue weighted by Crippen LogP contribution is 2.27. The fourth-order valence-corrected chi connectivity index (χ4v) is 3.90. The van der Waals surface area contributed by atoms with Crippen molar-refractivity contribution < 1.29 is 0 Å². The van der Waals surface area contributed by atoms with Gasteiger partial charge < -0.3 is 15.5 Å². The number of aromatic amines is 1. The van der Waals surface area contributed by atoms with Gasteiger partial charge in [0.2, 0.25) is 0 Å². The molecule has 0 radical (unpaired) electrons. The second-order valence-electron chi connectivity index (χ2n) is 6.45. The number of fused-ring (bicyclic) bond motifs is 1. The number of hydrogen-bond donors (Lipinski definition) is 3. The van der Waals surface area contributed by atoms with Gasteiger partial charge in [-0.1, -0.05) is 0 Å². The fourth-order valence-electron chi connectivity index (χ4n) is 3.27.